The first-order chi connectivity index (χ1) is 8.34. The molecule has 1 saturated heterocycles. The van der Waals surface area contributed by atoms with Crippen molar-refractivity contribution in [2.24, 2.45) is 0 Å². The maximum Gasteiger partial charge on any atom is 0.213 e. The Morgan fingerprint density at radius 2 is 2.06 bits per heavy atom. The molecule has 0 amide bonds. The van der Waals surface area contributed by atoms with Crippen molar-refractivity contribution in [3.8, 4) is 5.88 Å². The first-order valence-electron chi connectivity index (χ1n) is 6.62. The van der Waals surface area contributed by atoms with Gasteiger partial charge in [0.2, 0.25) is 5.88 Å². The molecule has 2 heterocycles. The molecule has 1 fully saturated rings. The summed E-state index contributed by atoms with van der Waals surface area (Å²) in [6, 6.07) is 3.98. The van der Waals surface area contributed by atoms with Crippen molar-refractivity contribution in [2.45, 2.75) is 32.6 Å². The lowest BCUT2D eigenvalue weighted by Gasteiger charge is -2.26. The largest absolute Gasteiger partial charge is 0.478 e. The lowest BCUT2D eigenvalue weighted by molar-refractivity contribution is 0.203. The highest BCUT2D eigenvalue weighted by Gasteiger charge is 2.08. The first kappa shape index (κ1) is 12.4. The van der Waals surface area contributed by atoms with E-state index in [1.807, 2.05) is 25.3 Å². The van der Waals surface area contributed by atoms with Gasteiger partial charge in [-0.15, -0.1) is 0 Å². The molecule has 3 nitrogen and oxygen atoms in total. The highest BCUT2D eigenvalue weighted by molar-refractivity contribution is 5.16. The molecule has 0 bridgehead atoms. The standard InChI is InChI=1S/C14H22N2O/c1-13-6-7-14(15-12-13)17-11-5-10-16-8-3-2-4-9-16/h6-7,12H,2-5,8-11H2,1H3. The molecule has 17 heavy (non-hydrogen) atoms. The third-order valence-electron chi connectivity index (χ3n) is 3.20. The van der Waals surface area contributed by atoms with Crippen LogP contribution in [0.25, 0.3) is 0 Å². The molecule has 1 aliphatic rings. The van der Waals surface area contributed by atoms with Gasteiger partial charge in [0.15, 0.2) is 0 Å². The number of piperidine rings is 1. The molecule has 2 rings (SSSR count). The number of aryl methyl sites for hydroxylation is 1. The summed E-state index contributed by atoms with van der Waals surface area (Å²) in [5.74, 6) is 0.745. The smallest absolute Gasteiger partial charge is 0.213 e. The van der Waals surface area contributed by atoms with Gasteiger partial charge >= 0.3 is 0 Å². The van der Waals surface area contributed by atoms with Gasteiger partial charge in [-0.05, 0) is 44.8 Å². The predicted octanol–water partition coefficient (Wildman–Crippen LogP) is 2.64. The third kappa shape index (κ3) is 4.35. The average molecular weight is 234 g/mol. The van der Waals surface area contributed by atoms with Crippen LogP contribution >= 0.6 is 0 Å². The normalized spacial score (nSPS) is 17.0. The summed E-state index contributed by atoms with van der Waals surface area (Å²) in [5.41, 5.74) is 1.17. The Bertz CT molecular complexity index is 317. The zero-order chi connectivity index (χ0) is 11.9. The van der Waals surface area contributed by atoms with E-state index >= 15 is 0 Å². The number of rotatable bonds is 5. The van der Waals surface area contributed by atoms with E-state index in [4.69, 9.17) is 4.74 Å². The van der Waals surface area contributed by atoms with Gasteiger partial charge in [0.05, 0.1) is 6.61 Å². The van der Waals surface area contributed by atoms with Crippen molar-refractivity contribution in [2.75, 3.05) is 26.2 Å². The lowest BCUT2D eigenvalue weighted by Crippen LogP contribution is -2.31. The fourth-order valence-corrected chi connectivity index (χ4v) is 2.19. The molecule has 0 atom stereocenters. The maximum atomic E-state index is 5.61. The van der Waals surface area contributed by atoms with E-state index < -0.39 is 0 Å². The maximum absolute atomic E-state index is 5.61. The molecule has 0 spiro atoms. The highest BCUT2D eigenvalue weighted by atomic mass is 16.5. The summed E-state index contributed by atoms with van der Waals surface area (Å²) in [4.78, 5) is 6.76. The van der Waals surface area contributed by atoms with Gasteiger partial charge in [0.25, 0.3) is 0 Å². The summed E-state index contributed by atoms with van der Waals surface area (Å²) in [6.07, 6.45) is 7.07. The quantitative estimate of drug-likeness (QED) is 0.732. The molecule has 94 valence electrons. The van der Waals surface area contributed by atoms with E-state index in [-0.39, 0.29) is 0 Å². The van der Waals surface area contributed by atoms with Crippen molar-refractivity contribution in [1.29, 1.82) is 0 Å². The molecule has 1 aromatic rings. The molecular weight excluding hydrogens is 212 g/mol. The number of hydrogen-bond donors (Lipinski definition) is 0. The number of pyridine rings is 1. The Morgan fingerprint density at radius 3 is 2.76 bits per heavy atom. The van der Waals surface area contributed by atoms with Gasteiger partial charge in [0, 0.05) is 18.8 Å². The van der Waals surface area contributed by atoms with Crippen LogP contribution in [0.1, 0.15) is 31.2 Å². The van der Waals surface area contributed by atoms with Crippen molar-refractivity contribution in [3.05, 3.63) is 23.9 Å². The molecule has 0 saturated carbocycles. The SMILES string of the molecule is Cc1ccc(OCCCN2CCCCC2)nc1. The Labute approximate surface area is 104 Å². The zero-order valence-electron chi connectivity index (χ0n) is 10.7. The van der Waals surface area contributed by atoms with Gasteiger partial charge in [0.1, 0.15) is 0 Å². The van der Waals surface area contributed by atoms with Crippen LogP contribution in [0.4, 0.5) is 0 Å². The predicted molar refractivity (Wildman–Crippen MR) is 69.4 cm³/mol. The van der Waals surface area contributed by atoms with Crippen molar-refractivity contribution in [1.82, 2.24) is 9.88 Å². The molecule has 0 N–H and O–H groups in total. The van der Waals surface area contributed by atoms with Crippen LogP contribution < -0.4 is 4.74 Å². The van der Waals surface area contributed by atoms with Crippen LogP contribution in [-0.4, -0.2) is 36.1 Å². The second-order valence-corrected chi connectivity index (χ2v) is 4.78. The minimum Gasteiger partial charge on any atom is -0.478 e. The minimum atomic E-state index is 0.745. The molecular formula is C14H22N2O. The van der Waals surface area contributed by atoms with E-state index in [9.17, 15) is 0 Å². The van der Waals surface area contributed by atoms with Crippen LogP contribution in [0.3, 0.4) is 0 Å². The lowest BCUT2D eigenvalue weighted by atomic mass is 10.1. The van der Waals surface area contributed by atoms with Gasteiger partial charge in [-0.1, -0.05) is 12.5 Å². The van der Waals surface area contributed by atoms with Crippen molar-refractivity contribution >= 4 is 0 Å². The van der Waals surface area contributed by atoms with Crippen LogP contribution in [0.15, 0.2) is 18.3 Å². The second kappa shape index (κ2) is 6.60. The summed E-state index contributed by atoms with van der Waals surface area (Å²) < 4.78 is 5.61. The number of likely N-dealkylation sites (tertiary alicyclic amines) is 1. The van der Waals surface area contributed by atoms with Crippen LogP contribution in [0, 0.1) is 6.92 Å². The Morgan fingerprint density at radius 1 is 1.24 bits per heavy atom. The molecule has 0 unspecified atom stereocenters. The molecule has 0 aliphatic carbocycles. The van der Waals surface area contributed by atoms with Crippen LogP contribution in [-0.2, 0) is 0 Å². The third-order valence-corrected chi connectivity index (χ3v) is 3.20. The molecule has 0 aromatic carbocycles. The van der Waals surface area contributed by atoms with Gasteiger partial charge < -0.3 is 9.64 Å². The average Bonchev–Trinajstić information content (AvgIpc) is 2.38. The van der Waals surface area contributed by atoms with Gasteiger partial charge in [-0.25, -0.2) is 4.98 Å². The minimum absolute atomic E-state index is 0.745. The summed E-state index contributed by atoms with van der Waals surface area (Å²) in [5, 5.41) is 0. The molecule has 1 aliphatic heterocycles. The van der Waals surface area contributed by atoms with E-state index in [0.29, 0.717) is 0 Å². The summed E-state index contributed by atoms with van der Waals surface area (Å²) in [6.45, 7) is 6.50. The van der Waals surface area contributed by atoms with E-state index in [1.165, 1.54) is 37.9 Å². The van der Waals surface area contributed by atoms with E-state index in [2.05, 4.69) is 9.88 Å². The number of aromatic nitrogens is 1. The second-order valence-electron chi connectivity index (χ2n) is 4.78. The topological polar surface area (TPSA) is 25.4 Å². The molecule has 0 radical (unpaired) electrons. The Hall–Kier alpha value is -1.09. The van der Waals surface area contributed by atoms with Gasteiger partial charge in [-0.3, -0.25) is 0 Å². The van der Waals surface area contributed by atoms with Crippen LogP contribution in [0.2, 0.25) is 0 Å². The number of hydrogen-bond acceptors (Lipinski definition) is 3. The van der Waals surface area contributed by atoms with Crippen molar-refractivity contribution < 1.29 is 4.74 Å². The monoisotopic (exact) mass is 234 g/mol. The summed E-state index contributed by atoms with van der Waals surface area (Å²) >= 11 is 0. The highest BCUT2D eigenvalue weighted by Crippen LogP contribution is 2.10. The fourth-order valence-electron chi connectivity index (χ4n) is 2.19. The first-order valence-corrected chi connectivity index (χ1v) is 6.62. The van der Waals surface area contributed by atoms with Crippen molar-refractivity contribution in [3.63, 3.8) is 0 Å². The Kier molecular flexibility index (Phi) is 4.80. The zero-order valence-corrected chi connectivity index (χ0v) is 10.7. The number of nitrogens with zero attached hydrogens (tertiary/aromatic N) is 2. The number of ether oxygens (including phenoxy) is 1. The Balaban J connectivity index is 1.60. The van der Waals surface area contributed by atoms with E-state index in [0.717, 1.165) is 25.5 Å². The molecule has 1 aromatic heterocycles. The summed E-state index contributed by atoms with van der Waals surface area (Å²) in [7, 11) is 0. The van der Waals surface area contributed by atoms with Gasteiger partial charge in [-0.2, -0.15) is 0 Å². The molecule has 3 heteroatoms. The van der Waals surface area contributed by atoms with E-state index in [1.54, 1.807) is 0 Å². The fraction of sp³-hybridized carbons (Fsp3) is 0.643. The van der Waals surface area contributed by atoms with Crippen LogP contribution in [0.5, 0.6) is 5.88 Å².